The predicted molar refractivity (Wildman–Crippen MR) is 91.8 cm³/mol. The first-order valence-electron chi connectivity index (χ1n) is 7.32. The zero-order valence-electron chi connectivity index (χ0n) is 12.4. The van der Waals surface area contributed by atoms with Crippen LogP contribution in [-0.2, 0) is 4.79 Å². The van der Waals surface area contributed by atoms with Crippen molar-refractivity contribution in [2.75, 3.05) is 11.4 Å². The van der Waals surface area contributed by atoms with E-state index in [1.807, 2.05) is 12.1 Å². The SMILES string of the molecule is O=C1CN(c2ccc(Br)cc2)C2=C(N1)C(=O)c1ccccc1C2=O. The first kappa shape index (κ1) is 14.8. The van der Waals surface area contributed by atoms with Gasteiger partial charge in [-0.25, -0.2) is 0 Å². The number of fused-ring (bicyclic) bond motifs is 1. The van der Waals surface area contributed by atoms with Crippen LogP contribution in [0, 0.1) is 0 Å². The monoisotopic (exact) mass is 382 g/mol. The molecule has 1 heterocycles. The van der Waals surface area contributed by atoms with Gasteiger partial charge in [0.05, 0.1) is 0 Å². The molecule has 0 aromatic heterocycles. The number of halogens is 1. The molecule has 0 bridgehead atoms. The number of carbonyl (C=O) groups excluding carboxylic acids is 3. The molecule has 1 amide bonds. The lowest BCUT2D eigenvalue weighted by molar-refractivity contribution is -0.119. The Balaban J connectivity index is 1.90. The van der Waals surface area contributed by atoms with E-state index in [4.69, 9.17) is 0 Å². The third kappa shape index (κ3) is 2.18. The van der Waals surface area contributed by atoms with E-state index in [1.54, 1.807) is 41.3 Å². The Kier molecular flexibility index (Phi) is 3.35. The van der Waals surface area contributed by atoms with Crippen molar-refractivity contribution in [2.24, 2.45) is 0 Å². The van der Waals surface area contributed by atoms with E-state index in [0.29, 0.717) is 16.8 Å². The van der Waals surface area contributed by atoms with Gasteiger partial charge in [-0.05, 0) is 24.3 Å². The minimum absolute atomic E-state index is 0.0122. The minimum atomic E-state index is -0.338. The zero-order chi connectivity index (χ0) is 16.8. The van der Waals surface area contributed by atoms with Crippen LogP contribution in [0.25, 0.3) is 0 Å². The maximum Gasteiger partial charge on any atom is 0.244 e. The van der Waals surface area contributed by atoms with Gasteiger partial charge in [0, 0.05) is 21.3 Å². The van der Waals surface area contributed by atoms with Crippen LogP contribution in [0.4, 0.5) is 5.69 Å². The molecule has 5 nitrogen and oxygen atoms in total. The van der Waals surface area contributed by atoms with Gasteiger partial charge in [-0.15, -0.1) is 0 Å². The van der Waals surface area contributed by atoms with E-state index >= 15 is 0 Å². The number of hydrogen-bond acceptors (Lipinski definition) is 4. The standard InChI is InChI=1S/C18H11BrN2O3/c19-10-5-7-11(8-6-10)21-9-14(22)20-15-16(21)18(24)13-4-2-1-3-12(13)17(15)23/h1-8H,9H2,(H,20,22). The molecule has 1 aliphatic heterocycles. The molecule has 0 unspecified atom stereocenters. The smallest absolute Gasteiger partial charge is 0.244 e. The van der Waals surface area contributed by atoms with Crippen molar-refractivity contribution in [3.63, 3.8) is 0 Å². The summed E-state index contributed by atoms with van der Waals surface area (Å²) in [6.45, 7) is -0.0122. The van der Waals surface area contributed by atoms with Crippen LogP contribution in [0.5, 0.6) is 0 Å². The molecule has 2 aliphatic rings. The highest BCUT2D eigenvalue weighted by Gasteiger charge is 2.39. The van der Waals surface area contributed by atoms with E-state index in [2.05, 4.69) is 21.2 Å². The molecule has 0 spiro atoms. The van der Waals surface area contributed by atoms with Crippen LogP contribution in [0.2, 0.25) is 0 Å². The van der Waals surface area contributed by atoms with Crippen molar-refractivity contribution in [3.8, 4) is 0 Å². The number of amides is 1. The molecule has 2 aromatic carbocycles. The summed E-state index contributed by atoms with van der Waals surface area (Å²) in [4.78, 5) is 39.3. The Morgan fingerprint density at radius 3 is 2.17 bits per heavy atom. The van der Waals surface area contributed by atoms with Gasteiger partial charge in [-0.1, -0.05) is 40.2 Å². The average molecular weight is 383 g/mol. The molecule has 4 rings (SSSR count). The van der Waals surface area contributed by atoms with Gasteiger partial charge in [-0.2, -0.15) is 0 Å². The summed E-state index contributed by atoms with van der Waals surface area (Å²) < 4.78 is 0.887. The van der Waals surface area contributed by atoms with Gasteiger partial charge in [0.1, 0.15) is 17.9 Å². The highest BCUT2D eigenvalue weighted by molar-refractivity contribution is 9.10. The fourth-order valence-electron chi connectivity index (χ4n) is 2.98. The van der Waals surface area contributed by atoms with E-state index in [-0.39, 0.29) is 35.4 Å². The summed E-state index contributed by atoms with van der Waals surface area (Å²) in [5, 5.41) is 2.57. The number of carbonyl (C=O) groups is 3. The maximum absolute atomic E-state index is 12.9. The molecule has 6 heteroatoms. The van der Waals surface area contributed by atoms with Gasteiger partial charge in [-0.3, -0.25) is 14.4 Å². The largest absolute Gasteiger partial charge is 0.327 e. The van der Waals surface area contributed by atoms with Gasteiger partial charge in [0.2, 0.25) is 17.5 Å². The first-order chi connectivity index (χ1) is 11.6. The Morgan fingerprint density at radius 2 is 1.50 bits per heavy atom. The average Bonchev–Trinajstić information content (AvgIpc) is 2.59. The second kappa shape index (κ2) is 5.42. The van der Waals surface area contributed by atoms with Crippen LogP contribution in [0.3, 0.4) is 0 Å². The van der Waals surface area contributed by atoms with Crippen LogP contribution in [0.1, 0.15) is 20.7 Å². The molecule has 118 valence electrons. The fraction of sp³-hybridized carbons (Fsp3) is 0.0556. The van der Waals surface area contributed by atoms with Gasteiger partial charge in [0.15, 0.2) is 0 Å². The first-order valence-corrected chi connectivity index (χ1v) is 8.11. The molecule has 2 aromatic rings. The third-order valence-corrected chi connectivity index (χ3v) is 4.60. The lowest BCUT2D eigenvalue weighted by atomic mass is 9.88. The second-order valence-corrected chi connectivity index (χ2v) is 6.45. The molecule has 0 atom stereocenters. The summed E-state index contributed by atoms with van der Waals surface area (Å²) >= 11 is 3.36. The maximum atomic E-state index is 12.9. The summed E-state index contributed by atoms with van der Waals surface area (Å²) in [5.74, 6) is -0.921. The predicted octanol–water partition coefficient (Wildman–Crippen LogP) is 2.68. The zero-order valence-corrected chi connectivity index (χ0v) is 14.0. The second-order valence-electron chi connectivity index (χ2n) is 5.54. The van der Waals surface area contributed by atoms with Crippen molar-refractivity contribution in [1.29, 1.82) is 0 Å². The Morgan fingerprint density at radius 1 is 0.875 bits per heavy atom. The summed E-state index contributed by atoms with van der Waals surface area (Å²) in [6.07, 6.45) is 0. The van der Waals surface area contributed by atoms with E-state index in [9.17, 15) is 14.4 Å². The van der Waals surface area contributed by atoms with Crippen LogP contribution in [-0.4, -0.2) is 24.0 Å². The van der Waals surface area contributed by atoms with Crippen LogP contribution < -0.4 is 10.2 Å². The highest BCUT2D eigenvalue weighted by Crippen LogP contribution is 2.32. The summed E-state index contributed by atoms with van der Waals surface area (Å²) in [6, 6.07) is 13.9. The quantitative estimate of drug-likeness (QED) is 0.823. The van der Waals surface area contributed by atoms with Crippen molar-refractivity contribution in [2.45, 2.75) is 0 Å². The number of ketones is 2. The van der Waals surface area contributed by atoms with Crippen molar-refractivity contribution >= 4 is 39.1 Å². The molecule has 0 radical (unpaired) electrons. The number of benzene rings is 2. The molecule has 24 heavy (non-hydrogen) atoms. The topological polar surface area (TPSA) is 66.5 Å². The summed E-state index contributed by atoms with van der Waals surface area (Å²) in [5.41, 5.74) is 1.64. The Hall–Kier alpha value is -2.73. The Labute approximate surface area is 146 Å². The Bertz CT molecular complexity index is 932. The number of anilines is 1. The highest BCUT2D eigenvalue weighted by atomic mass is 79.9. The third-order valence-electron chi connectivity index (χ3n) is 4.07. The van der Waals surface area contributed by atoms with Gasteiger partial charge >= 0.3 is 0 Å². The molecular weight excluding hydrogens is 372 g/mol. The molecule has 1 N–H and O–H groups in total. The minimum Gasteiger partial charge on any atom is -0.327 e. The number of nitrogens with zero attached hydrogens (tertiary/aromatic N) is 1. The molecular formula is C18H11BrN2O3. The van der Waals surface area contributed by atoms with Gasteiger partial charge in [0.25, 0.3) is 0 Å². The van der Waals surface area contributed by atoms with E-state index < -0.39 is 0 Å². The number of allylic oxidation sites excluding steroid dienone is 2. The molecule has 1 aliphatic carbocycles. The van der Waals surface area contributed by atoms with Crippen molar-refractivity contribution < 1.29 is 14.4 Å². The lowest BCUT2D eigenvalue weighted by Crippen LogP contribution is -2.49. The van der Waals surface area contributed by atoms with Crippen molar-refractivity contribution in [1.82, 2.24) is 5.32 Å². The molecule has 0 saturated carbocycles. The van der Waals surface area contributed by atoms with E-state index in [1.165, 1.54) is 0 Å². The van der Waals surface area contributed by atoms with Crippen LogP contribution >= 0.6 is 15.9 Å². The van der Waals surface area contributed by atoms with Gasteiger partial charge < -0.3 is 10.2 Å². The van der Waals surface area contributed by atoms with Crippen molar-refractivity contribution in [3.05, 3.63) is 75.5 Å². The van der Waals surface area contributed by atoms with Crippen LogP contribution in [0.15, 0.2) is 64.4 Å². The number of nitrogens with one attached hydrogen (secondary N) is 1. The lowest BCUT2D eigenvalue weighted by Gasteiger charge is -2.34. The molecule has 0 saturated heterocycles. The normalized spacial score (nSPS) is 16.7. The number of Topliss-reactive ketones (excluding diaryl/α,β-unsaturated/α-hetero) is 2. The fourth-order valence-corrected chi connectivity index (χ4v) is 3.24. The number of rotatable bonds is 1. The summed E-state index contributed by atoms with van der Waals surface area (Å²) in [7, 11) is 0. The van der Waals surface area contributed by atoms with E-state index in [0.717, 1.165) is 4.47 Å². The number of hydrogen-bond donors (Lipinski definition) is 1. The molecule has 0 fully saturated rings.